The van der Waals surface area contributed by atoms with Crippen LogP contribution in [0, 0.1) is 5.92 Å². The zero-order chi connectivity index (χ0) is 27.7. The van der Waals surface area contributed by atoms with Crippen LogP contribution in [0.25, 0.3) is 11.1 Å². The van der Waals surface area contributed by atoms with Crippen LogP contribution in [0.15, 0.2) is 42.7 Å². The lowest BCUT2D eigenvalue weighted by Gasteiger charge is -2.34. The van der Waals surface area contributed by atoms with Gasteiger partial charge in [-0.05, 0) is 38.5 Å². The number of methoxy groups -OCH3 is 1. The number of likely N-dealkylation sites (N-methyl/N-ethyl adjacent to an activating group) is 1. The number of ether oxygens (including phenoxy) is 2. The van der Waals surface area contributed by atoms with Crippen molar-refractivity contribution in [3.63, 3.8) is 0 Å². The van der Waals surface area contributed by atoms with Crippen LogP contribution in [0.4, 0.5) is 13.2 Å². The monoisotopic (exact) mass is 560 g/mol. The van der Waals surface area contributed by atoms with E-state index in [-0.39, 0.29) is 16.2 Å². The number of nitrogens with zero attached hydrogens (tertiary/aromatic N) is 4. The highest BCUT2D eigenvalue weighted by atomic mass is 32.1. The lowest BCUT2D eigenvalue weighted by Crippen LogP contribution is -2.46. The van der Waals surface area contributed by atoms with Crippen molar-refractivity contribution in [2.75, 3.05) is 46.9 Å². The molecule has 5 rings (SSSR count). The van der Waals surface area contributed by atoms with Gasteiger partial charge in [-0.2, -0.15) is 13.2 Å². The van der Waals surface area contributed by atoms with Crippen LogP contribution < -0.4 is 4.74 Å². The third kappa shape index (κ3) is 5.90. The van der Waals surface area contributed by atoms with Crippen LogP contribution in [0.2, 0.25) is 0 Å². The number of thiophene rings is 1. The van der Waals surface area contributed by atoms with Crippen LogP contribution in [-0.4, -0.2) is 72.2 Å². The molecular weight excluding hydrogens is 529 g/mol. The van der Waals surface area contributed by atoms with E-state index in [1.165, 1.54) is 43.6 Å². The van der Waals surface area contributed by atoms with Crippen LogP contribution >= 0.6 is 11.3 Å². The van der Waals surface area contributed by atoms with Gasteiger partial charge in [-0.25, -0.2) is 9.78 Å². The van der Waals surface area contributed by atoms with Crippen molar-refractivity contribution in [2.45, 2.75) is 25.6 Å². The number of fused-ring (bicyclic) bond motifs is 1. The van der Waals surface area contributed by atoms with E-state index in [1.54, 1.807) is 12.4 Å². The molecule has 1 saturated heterocycles. The maximum absolute atomic E-state index is 13.6. The molecule has 39 heavy (non-hydrogen) atoms. The van der Waals surface area contributed by atoms with E-state index in [9.17, 15) is 18.0 Å². The molecule has 7 nitrogen and oxygen atoms in total. The Hall–Kier alpha value is -3.15. The summed E-state index contributed by atoms with van der Waals surface area (Å²) < 4.78 is 53.7. The Balaban J connectivity index is 1.40. The molecular formula is C28H31F3N4O3S. The number of hydrogen-bond acceptors (Lipinski definition) is 7. The number of piperazine rings is 1. The Labute approximate surface area is 229 Å². The summed E-state index contributed by atoms with van der Waals surface area (Å²) >= 11 is 1.17. The molecule has 208 valence electrons. The third-order valence-electron chi connectivity index (χ3n) is 7.27. The zero-order valence-corrected chi connectivity index (χ0v) is 22.9. The molecule has 1 aromatic carbocycles. The molecule has 0 saturated carbocycles. The van der Waals surface area contributed by atoms with Crippen LogP contribution in [0.5, 0.6) is 5.75 Å². The lowest BCUT2D eigenvalue weighted by molar-refractivity contribution is -0.139. The van der Waals surface area contributed by atoms with Gasteiger partial charge in [0, 0.05) is 44.4 Å². The average molecular weight is 561 g/mol. The standard InChI is InChI=1S/C28H31F3N4O3S/c1-18(20-6-4-5-7-21(20)28(29,30)31)38-24-15-25(39-26(24)27(36)37-3)35-17-32-22-9-8-19(14-23(22)35)16-34-12-10-33(2)11-13-34/h4-9,15,17-19H,10-14,16H2,1-3H3/t18-,19?/m1/s1. The normalized spacial score (nSPS) is 19.1. The largest absolute Gasteiger partial charge is 0.484 e. The second-order valence-corrected chi connectivity index (χ2v) is 11.0. The highest BCUT2D eigenvalue weighted by Gasteiger charge is 2.35. The van der Waals surface area contributed by atoms with Crippen LogP contribution in [0.3, 0.4) is 0 Å². The number of alkyl halides is 3. The molecule has 0 radical (unpaired) electrons. The smallest absolute Gasteiger partial charge is 0.416 e. The minimum Gasteiger partial charge on any atom is -0.484 e. The first kappa shape index (κ1) is 27.4. The van der Waals surface area contributed by atoms with E-state index in [2.05, 4.69) is 27.9 Å². The molecule has 1 fully saturated rings. The summed E-state index contributed by atoms with van der Waals surface area (Å²) in [5.41, 5.74) is 1.11. The van der Waals surface area contributed by atoms with E-state index in [4.69, 9.17) is 9.47 Å². The van der Waals surface area contributed by atoms with Crippen molar-refractivity contribution < 1.29 is 27.4 Å². The highest BCUT2D eigenvalue weighted by Crippen LogP contribution is 2.40. The summed E-state index contributed by atoms with van der Waals surface area (Å²) in [4.78, 5) is 22.2. The predicted molar refractivity (Wildman–Crippen MR) is 143 cm³/mol. The fraction of sp³-hybridized carbons (Fsp3) is 0.429. The van der Waals surface area contributed by atoms with Gasteiger partial charge in [0.15, 0.2) is 4.88 Å². The van der Waals surface area contributed by atoms with Crippen molar-refractivity contribution in [1.29, 1.82) is 0 Å². The Bertz CT molecular complexity index is 1360. The van der Waals surface area contributed by atoms with Crippen molar-refractivity contribution in [3.8, 4) is 10.8 Å². The van der Waals surface area contributed by atoms with Gasteiger partial charge in [0.2, 0.25) is 0 Å². The number of carbonyl (C=O) groups is 1. The SMILES string of the molecule is COC(=O)c1sc(-n2cnc3c2CC(CN2CCN(C)CC2)C=C3)cc1O[C@H](C)c1ccccc1C(F)(F)F. The Morgan fingerprint density at radius 1 is 1.21 bits per heavy atom. The van der Waals surface area contributed by atoms with E-state index in [0.717, 1.165) is 56.6 Å². The zero-order valence-electron chi connectivity index (χ0n) is 22.1. The van der Waals surface area contributed by atoms with Crippen molar-refractivity contribution >= 4 is 23.4 Å². The van der Waals surface area contributed by atoms with Crippen molar-refractivity contribution in [2.24, 2.45) is 5.92 Å². The van der Waals surface area contributed by atoms with E-state index in [1.807, 2.05) is 10.6 Å². The van der Waals surface area contributed by atoms with Gasteiger partial charge >= 0.3 is 12.1 Å². The number of imidazole rings is 1. The van der Waals surface area contributed by atoms with Gasteiger partial charge in [0.05, 0.1) is 24.1 Å². The minimum absolute atomic E-state index is 0.00883. The fourth-order valence-corrected chi connectivity index (χ4v) is 6.12. The summed E-state index contributed by atoms with van der Waals surface area (Å²) in [5, 5.41) is 0.684. The minimum atomic E-state index is -4.52. The van der Waals surface area contributed by atoms with E-state index >= 15 is 0 Å². The number of halogens is 3. The lowest BCUT2D eigenvalue weighted by atomic mass is 9.95. The van der Waals surface area contributed by atoms with Gasteiger partial charge in [0.1, 0.15) is 23.2 Å². The van der Waals surface area contributed by atoms with E-state index < -0.39 is 23.8 Å². The van der Waals surface area contributed by atoms with Crippen LogP contribution in [-0.2, 0) is 17.3 Å². The second kappa shape index (κ2) is 11.1. The third-order valence-corrected chi connectivity index (χ3v) is 8.37. The molecule has 0 spiro atoms. The van der Waals surface area contributed by atoms with Crippen LogP contribution in [0.1, 0.15) is 45.2 Å². The quantitative estimate of drug-likeness (QED) is 0.365. The molecule has 0 amide bonds. The first-order valence-corrected chi connectivity index (χ1v) is 13.7. The maximum atomic E-state index is 13.6. The number of esters is 1. The molecule has 3 aromatic rings. The molecule has 0 bridgehead atoms. The summed E-state index contributed by atoms with van der Waals surface area (Å²) in [6, 6.07) is 6.97. The highest BCUT2D eigenvalue weighted by molar-refractivity contribution is 7.16. The number of rotatable bonds is 7. The summed E-state index contributed by atoms with van der Waals surface area (Å²) in [5.74, 6) is -0.112. The molecule has 3 heterocycles. The van der Waals surface area contributed by atoms with Gasteiger partial charge in [-0.3, -0.25) is 4.57 Å². The molecule has 2 aliphatic rings. The molecule has 0 N–H and O–H groups in total. The van der Waals surface area contributed by atoms with Crippen molar-refractivity contribution in [3.05, 3.63) is 70.1 Å². The molecule has 1 unspecified atom stereocenters. The maximum Gasteiger partial charge on any atom is 0.416 e. The van der Waals surface area contributed by atoms with Gasteiger partial charge < -0.3 is 19.3 Å². The predicted octanol–water partition coefficient (Wildman–Crippen LogP) is 5.31. The molecule has 2 atom stereocenters. The van der Waals surface area contributed by atoms with E-state index in [0.29, 0.717) is 10.9 Å². The number of benzene rings is 1. The number of aromatic nitrogens is 2. The summed E-state index contributed by atoms with van der Waals surface area (Å²) in [6.07, 6.45) is 1.27. The molecule has 1 aliphatic heterocycles. The molecule has 2 aromatic heterocycles. The fourth-order valence-electron chi connectivity index (χ4n) is 5.12. The first-order valence-electron chi connectivity index (χ1n) is 12.8. The average Bonchev–Trinajstić information content (AvgIpc) is 3.53. The molecule has 1 aliphatic carbocycles. The summed E-state index contributed by atoms with van der Waals surface area (Å²) in [7, 11) is 3.40. The second-order valence-electron chi connectivity index (χ2n) is 9.99. The Morgan fingerprint density at radius 3 is 2.67 bits per heavy atom. The van der Waals surface area contributed by atoms with Crippen molar-refractivity contribution in [1.82, 2.24) is 19.4 Å². The number of carbonyl (C=O) groups excluding carboxylic acids is 1. The Kier molecular flexibility index (Phi) is 7.84. The van der Waals surface area contributed by atoms with Gasteiger partial charge in [-0.15, -0.1) is 11.3 Å². The first-order chi connectivity index (χ1) is 18.6. The molecule has 11 heteroatoms. The summed E-state index contributed by atoms with van der Waals surface area (Å²) in [6.45, 7) is 6.68. The number of hydrogen-bond donors (Lipinski definition) is 0. The Morgan fingerprint density at radius 2 is 1.95 bits per heavy atom. The van der Waals surface area contributed by atoms with Gasteiger partial charge in [-0.1, -0.05) is 24.3 Å². The van der Waals surface area contributed by atoms with Gasteiger partial charge in [0.25, 0.3) is 0 Å². The topological polar surface area (TPSA) is 59.8 Å².